The number of aliphatic hydroxyl groups is 1. The summed E-state index contributed by atoms with van der Waals surface area (Å²) in [5.74, 6) is 1.31. The Morgan fingerprint density at radius 2 is 1.85 bits per heavy atom. The molecule has 0 aliphatic heterocycles. The van der Waals surface area contributed by atoms with Crippen LogP contribution in [0.5, 0.6) is 0 Å². The van der Waals surface area contributed by atoms with Crippen LogP contribution in [-0.2, 0) is 4.74 Å². The zero-order valence-corrected chi connectivity index (χ0v) is 8.62. The first kappa shape index (κ1) is 9.47. The van der Waals surface area contributed by atoms with Gasteiger partial charge in [0.2, 0.25) is 0 Å². The smallest absolute Gasteiger partial charge is 0.165 e. The fourth-order valence-electron chi connectivity index (χ4n) is 2.93. The molecule has 2 rings (SSSR count). The van der Waals surface area contributed by atoms with E-state index in [1.165, 1.54) is 25.7 Å². The standard InChI is InChI=1S/C11H20O2/c1-3-13-11(2,12)10-6-8-4-5-9(8)7-10/h8-10,12H,3-7H2,1-2H3/t8?,9?,10?,11-/m1/s1. The first-order valence-electron chi connectivity index (χ1n) is 5.50. The lowest BCUT2D eigenvalue weighted by atomic mass is 9.77. The van der Waals surface area contributed by atoms with Crippen molar-refractivity contribution in [1.29, 1.82) is 0 Å². The van der Waals surface area contributed by atoms with E-state index in [0.717, 1.165) is 11.8 Å². The lowest BCUT2D eigenvalue weighted by molar-refractivity contribution is -0.220. The normalized spacial score (nSPS) is 42.2. The maximum Gasteiger partial charge on any atom is 0.165 e. The molecule has 2 aliphatic carbocycles. The van der Waals surface area contributed by atoms with E-state index in [2.05, 4.69) is 0 Å². The van der Waals surface area contributed by atoms with Gasteiger partial charge in [-0.2, -0.15) is 0 Å². The van der Waals surface area contributed by atoms with E-state index in [1.54, 1.807) is 0 Å². The third kappa shape index (κ3) is 1.62. The Bertz CT molecular complexity index is 177. The van der Waals surface area contributed by atoms with E-state index in [0.29, 0.717) is 12.5 Å². The zero-order valence-electron chi connectivity index (χ0n) is 8.62. The van der Waals surface area contributed by atoms with Gasteiger partial charge in [0.1, 0.15) is 0 Å². The molecule has 0 aromatic heterocycles. The molecule has 76 valence electrons. The van der Waals surface area contributed by atoms with Gasteiger partial charge in [-0.05, 0) is 51.4 Å². The third-order valence-corrected chi connectivity index (χ3v) is 3.94. The quantitative estimate of drug-likeness (QED) is 0.681. The van der Waals surface area contributed by atoms with Crippen LogP contribution in [0.2, 0.25) is 0 Å². The molecule has 0 radical (unpaired) electrons. The van der Waals surface area contributed by atoms with Crippen molar-refractivity contribution in [2.24, 2.45) is 17.8 Å². The van der Waals surface area contributed by atoms with Crippen LogP contribution in [-0.4, -0.2) is 17.5 Å². The van der Waals surface area contributed by atoms with Crippen LogP contribution in [0, 0.1) is 17.8 Å². The van der Waals surface area contributed by atoms with Crippen molar-refractivity contribution in [1.82, 2.24) is 0 Å². The summed E-state index contributed by atoms with van der Waals surface area (Å²) in [6, 6.07) is 0. The molecule has 0 amide bonds. The second-order valence-corrected chi connectivity index (χ2v) is 4.75. The van der Waals surface area contributed by atoms with Crippen molar-refractivity contribution in [3.8, 4) is 0 Å². The highest BCUT2D eigenvalue weighted by atomic mass is 16.6. The topological polar surface area (TPSA) is 29.5 Å². The van der Waals surface area contributed by atoms with Crippen molar-refractivity contribution >= 4 is 0 Å². The van der Waals surface area contributed by atoms with Crippen molar-refractivity contribution in [3.05, 3.63) is 0 Å². The molecule has 0 saturated heterocycles. The van der Waals surface area contributed by atoms with E-state index >= 15 is 0 Å². The molecular weight excluding hydrogens is 164 g/mol. The first-order chi connectivity index (χ1) is 6.13. The molecule has 2 nitrogen and oxygen atoms in total. The fourth-order valence-corrected chi connectivity index (χ4v) is 2.93. The summed E-state index contributed by atoms with van der Waals surface area (Å²) in [7, 11) is 0. The van der Waals surface area contributed by atoms with Crippen LogP contribution in [0.1, 0.15) is 39.5 Å². The predicted molar refractivity (Wildman–Crippen MR) is 51.2 cm³/mol. The van der Waals surface area contributed by atoms with Crippen LogP contribution < -0.4 is 0 Å². The molecule has 2 aliphatic rings. The number of hydrogen-bond acceptors (Lipinski definition) is 2. The molecule has 0 aromatic carbocycles. The molecule has 2 unspecified atom stereocenters. The monoisotopic (exact) mass is 184 g/mol. The van der Waals surface area contributed by atoms with Crippen molar-refractivity contribution in [2.75, 3.05) is 6.61 Å². The number of rotatable bonds is 3. The Morgan fingerprint density at radius 3 is 2.23 bits per heavy atom. The summed E-state index contributed by atoms with van der Waals surface area (Å²) in [6.07, 6.45) is 5.11. The lowest BCUT2D eigenvalue weighted by Crippen LogP contribution is -2.36. The van der Waals surface area contributed by atoms with E-state index in [1.807, 2.05) is 13.8 Å². The van der Waals surface area contributed by atoms with Gasteiger partial charge in [0.05, 0.1) is 0 Å². The Morgan fingerprint density at radius 1 is 1.31 bits per heavy atom. The maximum absolute atomic E-state index is 10.1. The minimum absolute atomic E-state index is 0.380. The molecule has 0 aromatic rings. The van der Waals surface area contributed by atoms with Gasteiger partial charge in [-0.15, -0.1) is 0 Å². The minimum atomic E-state index is -0.869. The predicted octanol–water partition coefficient (Wildman–Crippen LogP) is 2.17. The number of ether oxygens (including phenoxy) is 1. The molecule has 2 saturated carbocycles. The van der Waals surface area contributed by atoms with Crippen LogP contribution in [0.25, 0.3) is 0 Å². The highest BCUT2D eigenvalue weighted by Gasteiger charge is 2.47. The molecule has 1 N–H and O–H groups in total. The van der Waals surface area contributed by atoms with Crippen molar-refractivity contribution in [3.63, 3.8) is 0 Å². The van der Waals surface area contributed by atoms with Crippen LogP contribution >= 0.6 is 0 Å². The highest BCUT2D eigenvalue weighted by molar-refractivity contribution is 4.94. The van der Waals surface area contributed by atoms with Gasteiger partial charge in [0.25, 0.3) is 0 Å². The largest absolute Gasteiger partial charge is 0.365 e. The molecule has 3 atom stereocenters. The van der Waals surface area contributed by atoms with E-state index in [4.69, 9.17) is 4.74 Å². The summed E-state index contributed by atoms with van der Waals surface area (Å²) < 4.78 is 5.39. The molecular formula is C11H20O2. The molecule has 2 heteroatoms. The van der Waals surface area contributed by atoms with Gasteiger partial charge in [-0.25, -0.2) is 0 Å². The minimum Gasteiger partial charge on any atom is -0.365 e. The zero-order chi connectivity index (χ0) is 9.47. The summed E-state index contributed by atoms with van der Waals surface area (Å²) >= 11 is 0. The Labute approximate surface area is 80.3 Å². The van der Waals surface area contributed by atoms with Gasteiger partial charge in [-0.3, -0.25) is 0 Å². The SMILES string of the molecule is CCO[C@@](C)(O)C1CC2CCC2C1. The van der Waals surface area contributed by atoms with Crippen molar-refractivity contribution < 1.29 is 9.84 Å². The highest BCUT2D eigenvalue weighted by Crippen LogP contribution is 2.52. The van der Waals surface area contributed by atoms with Crippen LogP contribution in [0.3, 0.4) is 0 Å². The van der Waals surface area contributed by atoms with Crippen LogP contribution in [0.4, 0.5) is 0 Å². The van der Waals surface area contributed by atoms with E-state index < -0.39 is 5.79 Å². The fraction of sp³-hybridized carbons (Fsp3) is 1.00. The van der Waals surface area contributed by atoms with Gasteiger partial charge in [-0.1, -0.05) is 0 Å². The Kier molecular flexibility index (Phi) is 2.37. The number of fused-ring (bicyclic) bond motifs is 1. The van der Waals surface area contributed by atoms with E-state index in [-0.39, 0.29) is 0 Å². The second-order valence-electron chi connectivity index (χ2n) is 4.75. The van der Waals surface area contributed by atoms with Crippen molar-refractivity contribution in [2.45, 2.75) is 45.3 Å². The Balaban J connectivity index is 1.93. The van der Waals surface area contributed by atoms with Gasteiger partial charge in [0.15, 0.2) is 5.79 Å². The molecule has 0 bridgehead atoms. The average molecular weight is 184 g/mol. The maximum atomic E-state index is 10.1. The van der Waals surface area contributed by atoms with Crippen LogP contribution in [0.15, 0.2) is 0 Å². The molecule has 2 fully saturated rings. The second kappa shape index (κ2) is 3.25. The van der Waals surface area contributed by atoms with Gasteiger partial charge in [0, 0.05) is 12.5 Å². The number of hydrogen-bond donors (Lipinski definition) is 1. The molecule has 13 heavy (non-hydrogen) atoms. The Hall–Kier alpha value is -0.0800. The summed E-state index contributed by atoms with van der Waals surface area (Å²) in [4.78, 5) is 0. The van der Waals surface area contributed by atoms with Gasteiger partial charge >= 0.3 is 0 Å². The average Bonchev–Trinajstić information content (AvgIpc) is 2.28. The third-order valence-electron chi connectivity index (χ3n) is 3.94. The molecule has 0 spiro atoms. The summed E-state index contributed by atoms with van der Waals surface area (Å²) in [6.45, 7) is 4.38. The van der Waals surface area contributed by atoms with E-state index in [9.17, 15) is 5.11 Å². The van der Waals surface area contributed by atoms with Gasteiger partial charge < -0.3 is 9.84 Å². The first-order valence-corrected chi connectivity index (χ1v) is 5.50. The summed E-state index contributed by atoms with van der Waals surface area (Å²) in [5.41, 5.74) is 0. The summed E-state index contributed by atoms with van der Waals surface area (Å²) in [5, 5.41) is 10.1. The lowest BCUT2D eigenvalue weighted by Gasteiger charge is -2.29. The molecule has 0 heterocycles.